The van der Waals surface area contributed by atoms with Crippen molar-refractivity contribution in [3.05, 3.63) is 114 Å². The van der Waals surface area contributed by atoms with Crippen molar-refractivity contribution in [3.8, 4) is 28.7 Å². The highest BCUT2D eigenvalue weighted by Gasteiger charge is 2.51. The number of allylic oxidation sites excluding steroid dienone is 6. The zero-order valence-corrected chi connectivity index (χ0v) is 20.5. The lowest BCUT2D eigenvalue weighted by Crippen LogP contribution is -2.41. The summed E-state index contributed by atoms with van der Waals surface area (Å²) >= 11 is 0. The van der Waals surface area contributed by atoms with Crippen molar-refractivity contribution in [3.63, 3.8) is 0 Å². The molecule has 0 aliphatic heterocycles. The van der Waals surface area contributed by atoms with E-state index in [0.29, 0.717) is 43.1 Å². The maximum atomic E-state index is 14.8. The third-order valence-electron chi connectivity index (χ3n) is 5.93. The van der Waals surface area contributed by atoms with Crippen LogP contribution in [0.5, 0.6) is 5.75 Å². The normalized spacial score (nSPS) is 20.5. The molecule has 2 aliphatic carbocycles. The fourth-order valence-electron chi connectivity index (χ4n) is 4.00. The van der Waals surface area contributed by atoms with Crippen LogP contribution in [0.25, 0.3) is 11.1 Å². The molecule has 0 fully saturated rings. The third-order valence-corrected chi connectivity index (χ3v) is 5.93. The molecular formula is C30H20F8O2. The van der Waals surface area contributed by atoms with Crippen LogP contribution in [0, 0.1) is 46.9 Å². The fraction of sp³-hybridized carbons (Fsp3) is 0.200. The van der Waals surface area contributed by atoms with Gasteiger partial charge in [-0.1, -0.05) is 30.6 Å². The Kier molecular flexibility index (Phi) is 8.52. The topological polar surface area (TPSA) is 18.5 Å². The van der Waals surface area contributed by atoms with Crippen molar-refractivity contribution in [2.75, 3.05) is 6.61 Å². The second-order valence-corrected chi connectivity index (χ2v) is 8.81. The number of hydrogen-bond acceptors (Lipinski definition) is 2. The average Bonchev–Trinajstić information content (AvgIpc) is 2.89. The Morgan fingerprint density at radius 3 is 2.35 bits per heavy atom. The molecule has 0 saturated carbocycles. The van der Waals surface area contributed by atoms with Gasteiger partial charge in [0.25, 0.3) is 0 Å². The van der Waals surface area contributed by atoms with Crippen LogP contribution in [0.15, 0.2) is 90.5 Å². The monoisotopic (exact) mass is 564 g/mol. The molecule has 4 rings (SSSR count). The molecule has 0 bridgehead atoms. The second-order valence-electron chi connectivity index (χ2n) is 8.81. The Hall–Kier alpha value is -4.26. The van der Waals surface area contributed by atoms with Gasteiger partial charge in [0.15, 0.2) is 17.5 Å². The van der Waals surface area contributed by atoms with Crippen molar-refractivity contribution in [1.82, 2.24) is 0 Å². The zero-order valence-electron chi connectivity index (χ0n) is 20.5. The molecular weight excluding hydrogens is 544 g/mol. The van der Waals surface area contributed by atoms with Gasteiger partial charge in [-0.2, -0.15) is 8.78 Å². The van der Waals surface area contributed by atoms with Gasteiger partial charge >= 0.3 is 6.11 Å². The van der Waals surface area contributed by atoms with Crippen LogP contribution in [0.4, 0.5) is 35.1 Å². The van der Waals surface area contributed by atoms with Crippen LogP contribution in [0.1, 0.15) is 6.42 Å². The molecule has 0 amide bonds. The van der Waals surface area contributed by atoms with Gasteiger partial charge in [-0.05, 0) is 60.6 Å². The molecule has 2 aromatic carbocycles. The predicted molar refractivity (Wildman–Crippen MR) is 132 cm³/mol. The lowest BCUT2D eigenvalue weighted by molar-refractivity contribution is -0.219. The second kappa shape index (κ2) is 11.9. The largest absolute Gasteiger partial charge is 0.490 e. The van der Waals surface area contributed by atoms with Crippen molar-refractivity contribution in [2.45, 2.75) is 18.7 Å². The van der Waals surface area contributed by atoms with Crippen molar-refractivity contribution in [1.29, 1.82) is 0 Å². The smallest absolute Gasteiger partial charge is 0.410 e. The molecule has 0 N–H and O–H groups in total. The average molecular weight is 564 g/mol. The van der Waals surface area contributed by atoms with Gasteiger partial charge in [0, 0.05) is 23.1 Å². The summed E-state index contributed by atoms with van der Waals surface area (Å²) in [7, 11) is 0. The number of ether oxygens (including phenoxy) is 2. The minimum Gasteiger partial charge on any atom is -0.490 e. The Morgan fingerprint density at radius 1 is 1.02 bits per heavy atom. The lowest BCUT2D eigenvalue weighted by atomic mass is 9.92. The molecule has 2 nitrogen and oxygen atoms in total. The van der Waals surface area contributed by atoms with Crippen molar-refractivity contribution in [2.24, 2.45) is 11.8 Å². The van der Waals surface area contributed by atoms with Gasteiger partial charge in [0.2, 0.25) is 0 Å². The quantitative estimate of drug-likeness (QED) is 0.146. The SMILES string of the molecule is C=CCOC1=CCC(C#CC2=CC(F)C(C(F)(F)Oc3ccc(-c4cc(F)c(F)c(F)c4)c(F)c3)C(F)=C2)C=C1. The summed E-state index contributed by atoms with van der Waals surface area (Å²) in [6, 6.07) is 3.16. The molecule has 10 heteroatoms. The maximum absolute atomic E-state index is 14.8. The Bertz CT molecular complexity index is 1470. The summed E-state index contributed by atoms with van der Waals surface area (Å²) in [6.45, 7) is 3.88. The molecule has 0 heterocycles. The minimum absolute atomic E-state index is 0.141. The number of hydrogen-bond donors (Lipinski definition) is 0. The predicted octanol–water partition coefficient (Wildman–Crippen LogP) is 8.30. The number of halogens is 8. The van der Waals surface area contributed by atoms with Crippen LogP contribution < -0.4 is 4.74 Å². The van der Waals surface area contributed by atoms with E-state index in [0.717, 1.165) is 18.2 Å². The molecule has 208 valence electrons. The van der Waals surface area contributed by atoms with E-state index in [-0.39, 0.29) is 11.5 Å². The summed E-state index contributed by atoms with van der Waals surface area (Å²) in [5, 5.41) is 0. The van der Waals surface area contributed by atoms with E-state index in [1.165, 1.54) is 0 Å². The van der Waals surface area contributed by atoms with Gasteiger partial charge in [-0.25, -0.2) is 26.3 Å². The van der Waals surface area contributed by atoms with Crippen LogP contribution in [0.2, 0.25) is 0 Å². The van der Waals surface area contributed by atoms with Crippen LogP contribution >= 0.6 is 0 Å². The molecule has 40 heavy (non-hydrogen) atoms. The zero-order chi connectivity index (χ0) is 29.0. The van der Waals surface area contributed by atoms with Gasteiger partial charge < -0.3 is 9.47 Å². The van der Waals surface area contributed by atoms with Gasteiger partial charge in [0.05, 0.1) is 0 Å². The molecule has 3 unspecified atom stereocenters. The van der Waals surface area contributed by atoms with Gasteiger partial charge in [-0.3, -0.25) is 0 Å². The molecule has 2 aliphatic rings. The maximum Gasteiger partial charge on any atom is 0.410 e. The number of alkyl halides is 3. The van der Waals surface area contributed by atoms with Crippen molar-refractivity contribution < 1.29 is 44.6 Å². The first-order chi connectivity index (χ1) is 19.0. The van der Waals surface area contributed by atoms with Crippen LogP contribution in [-0.2, 0) is 4.74 Å². The number of benzene rings is 2. The third kappa shape index (κ3) is 6.47. The summed E-state index contributed by atoms with van der Waals surface area (Å²) < 4.78 is 124. The molecule has 2 aromatic rings. The van der Waals surface area contributed by atoms with E-state index in [9.17, 15) is 35.1 Å². The molecule has 0 saturated heterocycles. The van der Waals surface area contributed by atoms with E-state index in [2.05, 4.69) is 23.2 Å². The highest BCUT2D eigenvalue weighted by Crippen LogP contribution is 2.41. The fourth-order valence-corrected chi connectivity index (χ4v) is 4.00. The van der Waals surface area contributed by atoms with E-state index < -0.39 is 64.2 Å². The van der Waals surface area contributed by atoms with Gasteiger partial charge in [0.1, 0.15) is 41.8 Å². The Labute approximate surface area is 224 Å². The van der Waals surface area contributed by atoms with Gasteiger partial charge in [-0.15, -0.1) is 0 Å². The van der Waals surface area contributed by atoms with E-state index in [4.69, 9.17) is 4.74 Å². The van der Waals surface area contributed by atoms with Crippen LogP contribution in [-0.4, -0.2) is 18.9 Å². The van der Waals surface area contributed by atoms with Crippen LogP contribution in [0.3, 0.4) is 0 Å². The summed E-state index contributed by atoms with van der Waals surface area (Å²) in [6.07, 6.45) is 1.69. The van der Waals surface area contributed by atoms with E-state index >= 15 is 0 Å². The lowest BCUT2D eigenvalue weighted by Gasteiger charge is -2.29. The standard InChI is InChI=1S/C30H20F8O2/c1-2-11-39-20-7-5-17(6-8-20)3-4-18-12-24(32)28(25(33)13-18)30(37,38)40-21-9-10-22(23(31)16-21)19-14-26(34)29(36)27(35)15-19/h2,5,7-10,12-17,24,28H,1,6,11H2. The summed E-state index contributed by atoms with van der Waals surface area (Å²) in [5.74, 6) is -5.46. The summed E-state index contributed by atoms with van der Waals surface area (Å²) in [5.41, 5.74) is -0.995. The molecule has 0 spiro atoms. The first-order valence-corrected chi connectivity index (χ1v) is 11.9. The first kappa shape index (κ1) is 28.7. The van der Waals surface area contributed by atoms with E-state index in [1.807, 2.05) is 0 Å². The van der Waals surface area contributed by atoms with Crippen molar-refractivity contribution >= 4 is 0 Å². The van der Waals surface area contributed by atoms with E-state index in [1.54, 1.807) is 24.3 Å². The minimum atomic E-state index is -4.46. The highest BCUT2D eigenvalue weighted by atomic mass is 19.3. The highest BCUT2D eigenvalue weighted by molar-refractivity contribution is 5.65. The number of rotatable bonds is 7. The molecule has 0 radical (unpaired) electrons. The first-order valence-electron chi connectivity index (χ1n) is 11.9. The Morgan fingerprint density at radius 2 is 1.75 bits per heavy atom. The molecule has 0 aromatic heterocycles. The molecule has 3 atom stereocenters. The Balaban J connectivity index is 1.45. The summed E-state index contributed by atoms with van der Waals surface area (Å²) in [4.78, 5) is 0.